The number of aliphatic hydroxyl groups is 1. The summed E-state index contributed by atoms with van der Waals surface area (Å²) in [6, 6.07) is 2.86. The highest BCUT2D eigenvalue weighted by molar-refractivity contribution is 9.11. The molecule has 0 saturated heterocycles. The fraction of sp³-hybridized carbons (Fsp3) is 0.400. The SMILES string of the molecule is CC[C@@H](O)[C@@H](N)c1cc(Br)cc(Br)c1O.Cl. The molecule has 0 amide bonds. The Morgan fingerprint density at radius 1 is 1.38 bits per heavy atom. The molecule has 16 heavy (non-hydrogen) atoms. The van der Waals surface area contributed by atoms with Gasteiger partial charge in [0.15, 0.2) is 0 Å². The van der Waals surface area contributed by atoms with Gasteiger partial charge in [-0.2, -0.15) is 0 Å². The van der Waals surface area contributed by atoms with Gasteiger partial charge in [-0.3, -0.25) is 0 Å². The number of benzene rings is 1. The molecule has 0 aliphatic carbocycles. The van der Waals surface area contributed by atoms with Crippen molar-refractivity contribution in [3.8, 4) is 5.75 Å². The maximum absolute atomic E-state index is 9.78. The van der Waals surface area contributed by atoms with E-state index in [4.69, 9.17) is 5.73 Å². The second kappa shape index (κ2) is 6.81. The molecule has 0 heterocycles. The Balaban J connectivity index is 0.00000225. The third-order valence-corrected chi connectivity index (χ3v) is 3.31. The van der Waals surface area contributed by atoms with Crippen LogP contribution < -0.4 is 5.73 Å². The quantitative estimate of drug-likeness (QED) is 0.761. The van der Waals surface area contributed by atoms with Crippen molar-refractivity contribution in [3.63, 3.8) is 0 Å². The molecule has 1 aromatic rings. The van der Waals surface area contributed by atoms with Crippen LogP contribution in [-0.2, 0) is 0 Å². The Labute approximate surface area is 118 Å². The first-order valence-corrected chi connectivity index (χ1v) is 6.17. The number of hydrogen-bond donors (Lipinski definition) is 3. The largest absolute Gasteiger partial charge is 0.506 e. The Morgan fingerprint density at radius 3 is 2.44 bits per heavy atom. The van der Waals surface area contributed by atoms with Crippen LogP contribution in [0.4, 0.5) is 0 Å². The van der Waals surface area contributed by atoms with E-state index in [1.165, 1.54) is 0 Å². The highest BCUT2D eigenvalue weighted by Crippen LogP contribution is 2.35. The average molecular weight is 375 g/mol. The molecule has 1 aromatic carbocycles. The minimum absolute atomic E-state index is 0. The molecule has 0 fully saturated rings. The normalized spacial score (nSPS) is 14.1. The molecule has 0 aromatic heterocycles. The van der Waals surface area contributed by atoms with E-state index in [1.54, 1.807) is 12.1 Å². The van der Waals surface area contributed by atoms with Gasteiger partial charge in [0.25, 0.3) is 0 Å². The molecule has 0 aliphatic rings. The summed E-state index contributed by atoms with van der Waals surface area (Å²) < 4.78 is 1.37. The fourth-order valence-corrected chi connectivity index (χ4v) is 2.56. The zero-order valence-corrected chi connectivity index (χ0v) is 12.6. The molecule has 1 rings (SSSR count). The third kappa shape index (κ3) is 3.60. The molecule has 0 bridgehead atoms. The van der Waals surface area contributed by atoms with E-state index in [0.717, 1.165) is 4.47 Å². The number of rotatable bonds is 3. The first kappa shape index (κ1) is 16.2. The molecule has 4 N–H and O–H groups in total. The number of halogens is 3. The van der Waals surface area contributed by atoms with E-state index in [2.05, 4.69) is 31.9 Å². The lowest BCUT2D eigenvalue weighted by Crippen LogP contribution is -2.25. The van der Waals surface area contributed by atoms with Gasteiger partial charge in [0.2, 0.25) is 0 Å². The van der Waals surface area contributed by atoms with Gasteiger partial charge in [-0.05, 0) is 34.5 Å². The van der Waals surface area contributed by atoms with Crippen molar-refractivity contribution < 1.29 is 10.2 Å². The zero-order chi connectivity index (χ0) is 11.6. The minimum Gasteiger partial charge on any atom is -0.506 e. The molecule has 6 heteroatoms. The summed E-state index contributed by atoms with van der Waals surface area (Å²) in [6.07, 6.45) is -0.109. The second-order valence-electron chi connectivity index (χ2n) is 3.33. The number of phenols is 1. The second-order valence-corrected chi connectivity index (χ2v) is 5.10. The van der Waals surface area contributed by atoms with E-state index in [9.17, 15) is 10.2 Å². The van der Waals surface area contributed by atoms with E-state index < -0.39 is 12.1 Å². The van der Waals surface area contributed by atoms with E-state index in [-0.39, 0.29) is 18.2 Å². The summed E-state index contributed by atoms with van der Waals surface area (Å²) in [4.78, 5) is 0. The Kier molecular flexibility index (Phi) is 6.89. The van der Waals surface area contributed by atoms with E-state index in [1.807, 2.05) is 6.92 Å². The predicted molar refractivity (Wildman–Crippen MR) is 74.0 cm³/mol. The lowest BCUT2D eigenvalue weighted by molar-refractivity contribution is 0.139. The highest BCUT2D eigenvalue weighted by atomic mass is 79.9. The van der Waals surface area contributed by atoms with Gasteiger partial charge in [-0.1, -0.05) is 22.9 Å². The minimum atomic E-state index is -0.655. The third-order valence-electron chi connectivity index (χ3n) is 2.25. The van der Waals surface area contributed by atoms with Gasteiger partial charge in [-0.15, -0.1) is 12.4 Å². The predicted octanol–water partition coefficient (Wildman–Crippen LogP) is 3.11. The van der Waals surface area contributed by atoms with Crippen molar-refractivity contribution in [1.29, 1.82) is 0 Å². The summed E-state index contributed by atoms with van der Waals surface area (Å²) >= 11 is 6.53. The summed E-state index contributed by atoms with van der Waals surface area (Å²) in [5, 5.41) is 19.4. The van der Waals surface area contributed by atoms with Gasteiger partial charge in [0.1, 0.15) is 5.75 Å². The molecule has 0 radical (unpaired) electrons. The standard InChI is InChI=1S/C10H13Br2NO2.ClH/c1-2-8(14)9(13)6-3-5(11)4-7(12)10(6)15;/h3-4,8-9,14-15H,2,13H2,1H3;1H/t8-,9+;/m1./s1. The Bertz CT molecular complexity index is 363. The number of aromatic hydroxyl groups is 1. The monoisotopic (exact) mass is 373 g/mol. The van der Waals surface area contributed by atoms with Crippen LogP contribution in [0.1, 0.15) is 24.9 Å². The van der Waals surface area contributed by atoms with Gasteiger partial charge in [0, 0.05) is 10.0 Å². The molecular weight excluding hydrogens is 361 g/mol. The maximum atomic E-state index is 9.78. The van der Waals surface area contributed by atoms with Crippen LogP contribution in [0, 0.1) is 0 Å². The van der Waals surface area contributed by atoms with Crippen molar-refractivity contribution in [1.82, 2.24) is 0 Å². The maximum Gasteiger partial charge on any atom is 0.134 e. The van der Waals surface area contributed by atoms with Crippen LogP contribution >= 0.6 is 44.3 Å². The summed E-state index contributed by atoms with van der Waals surface area (Å²) in [5.74, 6) is 0.0817. The Morgan fingerprint density at radius 2 is 1.94 bits per heavy atom. The highest BCUT2D eigenvalue weighted by Gasteiger charge is 2.20. The number of nitrogens with two attached hydrogens (primary N) is 1. The van der Waals surface area contributed by atoms with Crippen LogP contribution in [0.2, 0.25) is 0 Å². The molecule has 2 atom stereocenters. The fourth-order valence-electron chi connectivity index (χ4n) is 1.30. The lowest BCUT2D eigenvalue weighted by Gasteiger charge is -2.19. The first-order valence-electron chi connectivity index (χ1n) is 4.59. The first-order chi connectivity index (χ1) is 6.97. The molecule has 3 nitrogen and oxygen atoms in total. The van der Waals surface area contributed by atoms with Crippen molar-refractivity contribution in [2.45, 2.75) is 25.5 Å². The molecule has 0 unspecified atom stereocenters. The van der Waals surface area contributed by atoms with Crippen molar-refractivity contribution in [2.24, 2.45) is 5.73 Å². The summed E-state index contributed by atoms with van der Waals surface area (Å²) in [7, 11) is 0. The number of phenolic OH excluding ortho intramolecular Hbond substituents is 1. The van der Waals surface area contributed by atoms with Crippen LogP contribution in [-0.4, -0.2) is 16.3 Å². The average Bonchev–Trinajstić information content (AvgIpc) is 2.21. The van der Waals surface area contributed by atoms with Crippen LogP contribution in [0.3, 0.4) is 0 Å². The lowest BCUT2D eigenvalue weighted by atomic mass is 10.00. The van der Waals surface area contributed by atoms with Crippen molar-refractivity contribution in [2.75, 3.05) is 0 Å². The molecule has 0 saturated carbocycles. The topological polar surface area (TPSA) is 66.5 Å². The van der Waals surface area contributed by atoms with Crippen LogP contribution in [0.25, 0.3) is 0 Å². The zero-order valence-electron chi connectivity index (χ0n) is 8.65. The van der Waals surface area contributed by atoms with Crippen molar-refractivity contribution in [3.05, 3.63) is 26.6 Å². The van der Waals surface area contributed by atoms with Gasteiger partial charge in [-0.25, -0.2) is 0 Å². The summed E-state index contributed by atoms with van der Waals surface area (Å²) in [6.45, 7) is 1.84. The van der Waals surface area contributed by atoms with Crippen molar-refractivity contribution >= 4 is 44.3 Å². The Hall–Kier alpha value is 0.190. The molecule has 92 valence electrons. The number of aliphatic hydroxyl groups excluding tert-OH is 1. The van der Waals surface area contributed by atoms with Gasteiger partial charge in [0.05, 0.1) is 16.6 Å². The van der Waals surface area contributed by atoms with E-state index in [0.29, 0.717) is 16.5 Å². The molecule has 0 aliphatic heterocycles. The summed E-state index contributed by atoms with van der Waals surface area (Å²) in [5.41, 5.74) is 6.37. The van der Waals surface area contributed by atoms with Crippen LogP contribution in [0.5, 0.6) is 5.75 Å². The van der Waals surface area contributed by atoms with Gasteiger partial charge < -0.3 is 15.9 Å². The number of hydrogen-bond acceptors (Lipinski definition) is 3. The molecule has 0 spiro atoms. The molecular formula is C10H14Br2ClNO2. The smallest absolute Gasteiger partial charge is 0.134 e. The van der Waals surface area contributed by atoms with Gasteiger partial charge >= 0.3 is 0 Å². The van der Waals surface area contributed by atoms with E-state index >= 15 is 0 Å². The van der Waals surface area contributed by atoms with Crippen LogP contribution in [0.15, 0.2) is 21.1 Å².